The van der Waals surface area contributed by atoms with Crippen LogP contribution in [0.5, 0.6) is 0 Å². The van der Waals surface area contributed by atoms with Crippen LogP contribution in [0.4, 0.5) is 5.69 Å². The van der Waals surface area contributed by atoms with Gasteiger partial charge in [-0.25, -0.2) is 4.79 Å². The fourth-order valence-electron chi connectivity index (χ4n) is 2.31. The number of carbonyl (C=O) groups is 1. The molecule has 2 heterocycles. The van der Waals surface area contributed by atoms with Gasteiger partial charge < -0.3 is 15.5 Å². The number of carboxylic acids is 1. The molecule has 3 rings (SSSR count). The van der Waals surface area contributed by atoms with Gasteiger partial charge in [0.05, 0.1) is 17.8 Å². The van der Waals surface area contributed by atoms with Gasteiger partial charge in [0, 0.05) is 6.54 Å². The molecule has 0 aliphatic carbocycles. The number of nitrogens with zero attached hydrogens (tertiary/aromatic N) is 1. The van der Waals surface area contributed by atoms with Crippen LogP contribution in [-0.2, 0) is 4.79 Å². The van der Waals surface area contributed by atoms with E-state index in [0.29, 0.717) is 12.1 Å². The maximum absolute atomic E-state index is 11.0. The zero-order chi connectivity index (χ0) is 11.1. The van der Waals surface area contributed by atoms with Crippen molar-refractivity contribution >= 4 is 23.8 Å². The lowest BCUT2D eigenvalue weighted by atomic mass is 9.96. The molecule has 0 saturated heterocycles. The number of benzene rings is 1. The molecule has 88 valence electrons. The zero-order valence-electron chi connectivity index (χ0n) is 9.18. The van der Waals surface area contributed by atoms with E-state index < -0.39 is 5.97 Å². The fraction of sp³-hybridized carbons (Fsp3) is 0.154. The minimum Gasteiger partial charge on any atom is -0.478 e. The summed E-state index contributed by atoms with van der Waals surface area (Å²) in [7, 11) is 0. The van der Waals surface area contributed by atoms with Gasteiger partial charge >= 0.3 is 5.97 Å². The summed E-state index contributed by atoms with van der Waals surface area (Å²) >= 11 is 0. The summed E-state index contributed by atoms with van der Waals surface area (Å²) in [6.07, 6.45) is 5.93. The van der Waals surface area contributed by atoms with Crippen molar-refractivity contribution in [2.45, 2.75) is 0 Å². The van der Waals surface area contributed by atoms with Crippen molar-refractivity contribution in [3.8, 4) is 0 Å². The van der Waals surface area contributed by atoms with Crippen molar-refractivity contribution in [3.05, 3.63) is 41.0 Å². The number of anilines is 1. The third-order valence-electron chi connectivity index (χ3n) is 3.00. The second-order valence-electron chi connectivity index (χ2n) is 4.04. The van der Waals surface area contributed by atoms with Gasteiger partial charge in [-0.2, -0.15) is 0 Å². The Bertz CT molecular complexity index is 531. The topological polar surface area (TPSA) is 72.0 Å². The van der Waals surface area contributed by atoms with Gasteiger partial charge in [-0.3, -0.25) is 0 Å². The van der Waals surface area contributed by atoms with E-state index in [-0.39, 0.29) is 5.48 Å². The van der Waals surface area contributed by atoms with Crippen LogP contribution in [0.25, 0.3) is 12.2 Å². The fourth-order valence-corrected chi connectivity index (χ4v) is 2.31. The molecule has 0 amide bonds. The Balaban J connectivity index is 0.00000108. The lowest BCUT2D eigenvalue weighted by Crippen LogP contribution is -2.33. The Hall–Kier alpha value is -2.07. The van der Waals surface area contributed by atoms with Crippen LogP contribution < -0.4 is 4.90 Å². The number of para-hydroxylation sites is 1. The smallest absolute Gasteiger partial charge is 0.333 e. The molecule has 1 aromatic carbocycles. The van der Waals surface area contributed by atoms with Crippen LogP contribution in [0, 0.1) is 0 Å². The summed E-state index contributed by atoms with van der Waals surface area (Å²) in [5.41, 5.74) is 3.80. The number of hydrogen-bond donors (Lipinski definition) is 1. The van der Waals surface area contributed by atoms with Gasteiger partial charge in [0.1, 0.15) is 0 Å². The Morgan fingerprint density at radius 3 is 2.82 bits per heavy atom. The van der Waals surface area contributed by atoms with Crippen molar-refractivity contribution in [2.75, 3.05) is 18.0 Å². The second kappa shape index (κ2) is 4.07. The summed E-state index contributed by atoms with van der Waals surface area (Å²) < 4.78 is 0. The third kappa shape index (κ3) is 1.72. The predicted octanol–water partition coefficient (Wildman–Crippen LogP) is 1.18. The van der Waals surface area contributed by atoms with E-state index in [1.807, 2.05) is 12.1 Å². The average molecular weight is 231 g/mol. The minimum atomic E-state index is -0.828. The van der Waals surface area contributed by atoms with Gasteiger partial charge in [-0.05, 0) is 17.2 Å². The van der Waals surface area contributed by atoms with Gasteiger partial charge in [0.2, 0.25) is 0 Å². The van der Waals surface area contributed by atoms with E-state index in [0.717, 1.165) is 17.8 Å². The molecular formula is C13H13NO3. The highest BCUT2D eigenvalue weighted by atomic mass is 16.4. The third-order valence-corrected chi connectivity index (χ3v) is 3.00. The number of hydrogen-bond acceptors (Lipinski definition) is 2. The SMILES string of the molecule is O.O=C(O)C1=Cc2cccc3c2N(CC=C3)C1. The molecule has 4 nitrogen and oxygen atoms in total. The molecule has 1 aromatic rings. The molecule has 0 bridgehead atoms. The summed E-state index contributed by atoms with van der Waals surface area (Å²) in [5, 5.41) is 9.05. The summed E-state index contributed by atoms with van der Waals surface area (Å²) in [6.45, 7) is 1.28. The standard InChI is InChI=1S/C13H11NO2.H2O/c15-13(16)11-7-10-4-1-3-9-5-2-6-14(8-11)12(9)10;/h1-5,7H,6,8H2,(H,15,16);1H2. The largest absolute Gasteiger partial charge is 0.478 e. The van der Waals surface area contributed by atoms with Crippen LogP contribution in [0.3, 0.4) is 0 Å². The Labute approximate surface area is 98.8 Å². The van der Waals surface area contributed by atoms with E-state index in [2.05, 4.69) is 23.1 Å². The van der Waals surface area contributed by atoms with E-state index in [9.17, 15) is 4.79 Å². The number of aliphatic carboxylic acids is 1. The maximum Gasteiger partial charge on any atom is 0.333 e. The van der Waals surface area contributed by atoms with Gasteiger partial charge in [-0.1, -0.05) is 30.4 Å². The first-order valence-corrected chi connectivity index (χ1v) is 5.24. The molecule has 2 aliphatic rings. The summed E-state index contributed by atoms with van der Waals surface area (Å²) in [5.74, 6) is -0.828. The first-order chi connectivity index (χ1) is 7.75. The Morgan fingerprint density at radius 1 is 1.29 bits per heavy atom. The summed E-state index contributed by atoms with van der Waals surface area (Å²) in [6, 6.07) is 5.98. The first-order valence-electron chi connectivity index (χ1n) is 5.24. The number of carboxylic acid groups (broad SMARTS) is 1. The van der Waals surface area contributed by atoms with Crippen molar-refractivity contribution in [3.63, 3.8) is 0 Å². The Morgan fingerprint density at radius 2 is 2.06 bits per heavy atom. The zero-order valence-corrected chi connectivity index (χ0v) is 9.18. The quantitative estimate of drug-likeness (QED) is 0.788. The Kier molecular flexibility index (Phi) is 2.73. The van der Waals surface area contributed by atoms with Crippen molar-refractivity contribution in [1.82, 2.24) is 0 Å². The predicted molar refractivity (Wildman–Crippen MR) is 66.9 cm³/mol. The maximum atomic E-state index is 11.0. The van der Waals surface area contributed by atoms with Crippen LogP contribution in [0.15, 0.2) is 29.8 Å². The molecule has 3 N–H and O–H groups in total. The molecule has 0 aromatic heterocycles. The molecule has 2 aliphatic heterocycles. The van der Waals surface area contributed by atoms with Crippen LogP contribution in [-0.4, -0.2) is 29.6 Å². The highest BCUT2D eigenvalue weighted by Crippen LogP contribution is 2.35. The molecular weight excluding hydrogens is 218 g/mol. The summed E-state index contributed by atoms with van der Waals surface area (Å²) in [4.78, 5) is 13.1. The van der Waals surface area contributed by atoms with Gasteiger partial charge in [0.15, 0.2) is 0 Å². The highest BCUT2D eigenvalue weighted by molar-refractivity contribution is 5.97. The van der Waals surface area contributed by atoms with Gasteiger partial charge in [-0.15, -0.1) is 0 Å². The van der Waals surface area contributed by atoms with Crippen molar-refractivity contribution < 1.29 is 15.4 Å². The molecule has 0 atom stereocenters. The first kappa shape index (κ1) is 11.4. The highest BCUT2D eigenvalue weighted by Gasteiger charge is 2.24. The van der Waals surface area contributed by atoms with Gasteiger partial charge in [0.25, 0.3) is 0 Å². The van der Waals surface area contributed by atoms with Crippen molar-refractivity contribution in [2.24, 2.45) is 0 Å². The molecule has 17 heavy (non-hydrogen) atoms. The van der Waals surface area contributed by atoms with E-state index in [1.165, 1.54) is 5.56 Å². The number of rotatable bonds is 1. The molecule has 0 unspecified atom stereocenters. The van der Waals surface area contributed by atoms with Crippen LogP contribution in [0.2, 0.25) is 0 Å². The molecule has 0 saturated carbocycles. The van der Waals surface area contributed by atoms with Crippen molar-refractivity contribution in [1.29, 1.82) is 0 Å². The second-order valence-corrected chi connectivity index (χ2v) is 4.04. The monoisotopic (exact) mass is 231 g/mol. The lowest BCUT2D eigenvalue weighted by molar-refractivity contribution is -0.132. The normalized spacial score (nSPS) is 15.8. The molecule has 4 heteroatoms. The molecule has 0 fully saturated rings. The molecule has 0 radical (unpaired) electrons. The van der Waals surface area contributed by atoms with E-state index in [1.54, 1.807) is 6.08 Å². The minimum absolute atomic E-state index is 0. The van der Waals surface area contributed by atoms with E-state index >= 15 is 0 Å². The van der Waals surface area contributed by atoms with E-state index in [4.69, 9.17) is 5.11 Å². The van der Waals surface area contributed by atoms with Crippen LogP contribution in [0.1, 0.15) is 11.1 Å². The lowest BCUT2D eigenvalue weighted by Gasteiger charge is -2.33. The average Bonchev–Trinajstić information content (AvgIpc) is 2.29. The van der Waals surface area contributed by atoms with Crippen LogP contribution >= 0.6 is 0 Å². The molecule has 0 spiro atoms.